The van der Waals surface area contributed by atoms with E-state index >= 15 is 0 Å². The van der Waals surface area contributed by atoms with Crippen LogP contribution in [0.25, 0.3) is 0 Å². The quantitative estimate of drug-likeness (QED) is 0.890. The molecule has 1 aromatic carbocycles. The van der Waals surface area contributed by atoms with Crippen molar-refractivity contribution in [2.75, 3.05) is 0 Å². The fraction of sp³-hybridized carbons (Fsp3) is 0.286. The highest BCUT2D eigenvalue weighted by molar-refractivity contribution is 9.11. The minimum absolute atomic E-state index is 0.417. The van der Waals surface area contributed by atoms with Crippen molar-refractivity contribution in [1.82, 2.24) is 0 Å². The van der Waals surface area contributed by atoms with Crippen LogP contribution in [0.4, 0.5) is 0 Å². The Morgan fingerprint density at radius 3 is 2.53 bits per heavy atom. The summed E-state index contributed by atoms with van der Waals surface area (Å²) in [7, 11) is 0. The van der Waals surface area contributed by atoms with Crippen LogP contribution in [0, 0.1) is 13.8 Å². The Bertz CT molecular complexity index is 519. The van der Waals surface area contributed by atoms with E-state index in [1.165, 1.54) is 16.0 Å². The fourth-order valence-electron chi connectivity index (χ4n) is 1.74. The zero-order valence-corrected chi connectivity index (χ0v) is 12.3. The van der Waals surface area contributed by atoms with E-state index in [0.717, 1.165) is 9.35 Å². The molecule has 0 spiro atoms. The standard InChI is InChI=1S/C14H15BrOS/c1-9-3-4-11(7-10(9)2)13(16)8-12-5-6-14(15)17-12/h3-7,13,16H,8H2,1-2H3. The van der Waals surface area contributed by atoms with Crippen molar-refractivity contribution < 1.29 is 5.11 Å². The Morgan fingerprint density at radius 1 is 1.18 bits per heavy atom. The third kappa shape index (κ3) is 3.18. The first-order valence-corrected chi connectivity index (χ1v) is 7.16. The van der Waals surface area contributed by atoms with Crippen molar-refractivity contribution in [2.45, 2.75) is 26.4 Å². The first-order valence-electron chi connectivity index (χ1n) is 5.55. The normalized spacial score (nSPS) is 12.7. The van der Waals surface area contributed by atoms with E-state index in [-0.39, 0.29) is 0 Å². The molecule has 1 aromatic heterocycles. The lowest BCUT2D eigenvalue weighted by Gasteiger charge is -2.11. The van der Waals surface area contributed by atoms with Crippen molar-refractivity contribution in [3.8, 4) is 0 Å². The van der Waals surface area contributed by atoms with E-state index in [1.807, 2.05) is 12.1 Å². The molecule has 1 N–H and O–H groups in total. The minimum Gasteiger partial charge on any atom is -0.388 e. The summed E-state index contributed by atoms with van der Waals surface area (Å²) < 4.78 is 1.11. The predicted molar refractivity (Wildman–Crippen MR) is 76.6 cm³/mol. The topological polar surface area (TPSA) is 20.2 Å². The molecule has 1 unspecified atom stereocenters. The van der Waals surface area contributed by atoms with E-state index in [9.17, 15) is 5.11 Å². The molecule has 2 rings (SSSR count). The zero-order chi connectivity index (χ0) is 12.4. The molecule has 0 saturated carbocycles. The first-order chi connectivity index (χ1) is 8.06. The molecular weight excluding hydrogens is 296 g/mol. The molecule has 3 heteroatoms. The predicted octanol–water partition coefficient (Wildman–Crippen LogP) is 4.40. The maximum Gasteiger partial charge on any atom is 0.0838 e. The maximum absolute atomic E-state index is 10.2. The summed E-state index contributed by atoms with van der Waals surface area (Å²) in [5.41, 5.74) is 3.49. The number of benzene rings is 1. The van der Waals surface area contributed by atoms with Gasteiger partial charge in [0.2, 0.25) is 0 Å². The van der Waals surface area contributed by atoms with Crippen molar-refractivity contribution in [2.24, 2.45) is 0 Å². The van der Waals surface area contributed by atoms with Gasteiger partial charge >= 0.3 is 0 Å². The van der Waals surface area contributed by atoms with Gasteiger partial charge in [0.1, 0.15) is 0 Å². The molecule has 0 amide bonds. The highest BCUT2D eigenvalue weighted by atomic mass is 79.9. The van der Waals surface area contributed by atoms with Gasteiger partial charge in [-0.2, -0.15) is 0 Å². The second kappa shape index (κ2) is 5.34. The summed E-state index contributed by atoms with van der Waals surface area (Å²) in [4.78, 5) is 1.20. The molecule has 0 saturated heterocycles. The molecule has 0 aliphatic heterocycles. The maximum atomic E-state index is 10.2. The van der Waals surface area contributed by atoms with Crippen molar-refractivity contribution in [3.63, 3.8) is 0 Å². The van der Waals surface area contributed by atoms with Gasteiger partial charge < -0.3 is 5.11 Å². The molecule has 0 aliphatic rings. The Balaban J connectivity index is 2.14. The molecular formula is C14H15BrOS. The van der Waals surface area contributed by atoms with E-state index in [4.69, 9.17) is 0 Å². The van der Waals surface area contributed by atoms with Crippen LogP contribution >= 0.6 is 27.3 Å². The second-order valence-corrected chi connectivity index (χ2v) is 6.82. The van der Waals surface area contributed by atoms with Crippen LogP contribution in [-0.2, 0) is 6.42 Å². The number of aryl methyl sites for hydroxylation is 2. The first kappa shape index (κ1) is 12.8. The van der Waals surface area contributed by atoms with Crippen LogP contribution in [0.2, 0.25) is 0 Å². The molecule has 0 bridgehead atoms. The number of hydrogen-bond acceptors (Lipinski definition) is 2. The Kier molecular flexibility index (Phi) is 4.02. The van der Waals surface area contributed by atoms with E-state index in [1.54, 1.807) is 11.3 Å². The van der Waals surface area contributed by atoms with Crippen LogP contribution in [-0.4, -0.2) is 5.11 Å². The minimum atomic E-state index is -0.417. The monoisotopic (exact) mass is 310 g/mol. The van der Waals surface area contributed by atoms with Gasteiger partial charge in [-0.15, -0.1) is 11.3 Å². The Labute approximate surface area is 114 Å². The number of rotatable bonds is 3. The zero-order valence-electron chi connectivity index (χ0n) is 9.90. The number of hydrogen-bond donors (Lipinski definition) is 1. The molecule has 0 aliphatic carbocycles. The third-order valence-corrected chi connectivity index (χ3v) is 4.59. The lowest BCUT2D eigenvalue weighted by Crippen LogP contribution is -2.01. The van der Waals surface area contributed by atoms with Crippen LogP contribution in [0.5, 0.6) is 0 Å². The lowest BCUT2D eigenvalue weighted by molar-refractivity contribution is 0.179. The number of aliphatic hydroxyl groups is 1. The molecule has 17 heavy (non-hydrogen) atoms. The molecule has 2 aromatic rings. The van der Waals surface area contributed by atoms with Crippen molar-refractivity contribution >= 4 is 27.3 Å². The van der Waals surface area contributed by atoms with Crippen LogP contribution < -0.4 is 0 Å². The van der Waals surface area contributed by atoms with Gasteiger partial charge in [-0.3, -0.25) is 0 Å². The summed E-state index contributed by atoms with van der Waals surface area (Å²) in [5, 5.41) is 10.2. The average Bonchev–Trinajstić information content (AvgIpc) is 2.68. The summed E-state index contributed by atoms with van der Waals surface area (Å²) in [5.74, 6) is 0. The summed E-state index contributed by atoms with van der Waals surface area (Å²) in [6, 6.07) is 10.2. The van der Waals surface area contributed by atoms with Gasteiger partial charge in [0.05, 0.1) is 9.89 Å². The van der Waals surface area contributed by atoms with E-state index in [2.05, 4.69) is 48.0 Å². The third-order valence-electron chi connectivity index (χ3n) is 2.94. The molecule has 1 atom stereocenters. The van der Waals surface area contributed by atoms with Gasteiger partial charge in [0.25, 0.3) is 0 Å². The molecule has 0 radical (unpaired) electrons. The fourth-order valence-corrected chi connectivity index (χ4v) is 3.26. The van der Waals surface area contributed by atoms with Gasteiger partial charge in [-0.05, 0) is 58.6 Å². The second-order valence-electron chi connectivity index (χ2n) is 4.27. The number of halogens is 1. The highest BCUT2D eigenvalue weighted by Crippen LogP contribution is 2.27. The highest BCUT2D eigenvalue weighted by Gasteiger charge is 2.10. The molecule has 1 heterocycles. The van der Waals surface area contributed by atoms with E-state index < -0.39 is 6.10 Å². The lowest BCUT2D eigenvalue weighted by atomic mass is 10.0. The Hall–Kier alpha value is -0.640. The Morgan fingerprint density at radius 2 is 1.94 bits per heavy atom. The number of aliphatic hydroxyl groups excluding tert-OH is 1. The van der Waals surface area contributed by atoms with Crippen LogP contribution in [0.3, 0.4) is 0 Å². The van der Waals surface area contributed by atoms with Gasteiger partial charge in [-0.1, -0.05) is 18.2 Å². The molecule has 1 nitrogen and oxygen atoms in total. The van der Waals surface area contributed by atoms with Crippen LogP contribution in [0.15, 0.2) is 34.1 Å². The van der Waals surface area contributed by atoms with Crippen molar-refractivity contribution in [3.05, 3.63) is 55.7 Å². The SMILES string of the molecule is Cc1ccc(C(O)Cc2ccc(Br)s2)cc1C. The summed E-state index contributed by atoms with van der Waals surface area (Å²) in [6.07, 6.45) is 0.263. The largest absolute Gasteiger partial charge is 0.388 e. The van der Waals surface area contributed by atoms with E-state index in [0.29, 0.717) is 6.42 Å². The van der Waals surface area contributed by atoms with Crippen molar-refractivity contribution in [1.29, 1.82) is 0 Å². The smallest absolute Gasteiger partial charge is 0.0838 e. The summed E-state index contributed by atoms with van der Waals surface area (Å²) in [6.45, 7) is 4.16. The van der Waals surface area contributed by atoms with Crippen LogP contribution in [0.1, 0.15) is 27.7 Å². The molecule has 0 fully saturated rings. The van der Waals surface area contributed by atoms with Gasteiger partial charge in [0.15, 0.2) is 0 Å². The van der Waals surface area contributed by atoms with Gasteiger partial charge in [-0.25, -0.2) is 0 Å². The average molecular weight is 311 g/mol. The number of thiophene rings is 1. The molecule has 90 valence electrons. The summed E-state index contributed by atoms with van der Waals surface area (Å²) >= 11 is 5.11. The van der Waals surface area contributed by atoms with Gasteiger partial charge in [0, 0.05) is 11.3 Å².